The Morgan fingerprint density at radius 3 is 2.76 bits per heavy atom. The van der Waals surface area contributed by atoms with E-state index in [1.807, 2.05) is 31.2 Å². The first-order valence-electron chi connectivity index (χ1n) is 7.68. The standard InChI is InChI=1S/C19H17ClN2O3/c1-13-5-6-14(10-17(13)20)7-8-19(24)25-12-18(23)22-16-4-2-3-15(9-16)11-21/h2-6,9-10H,7-8,12H2,1H3,(H,22,23). The summed E-state index contributed by atoms with van der Waals surface area (Å²) in [6.07, 6.45) is 0.654. The molecule has 6 heteroatoms. The quantitative estimate of drug-likeness (QED) is 0.801. The molecule has 0 saturated carbocycles. The summed E-state index contributed by atoms with van der Waals surface area (Å²) in [5.41, 5.74) is 2.83. The molecule has 2 aromatic carbocycles. The summed E-state index contributed by atoms with van der Waals surface area (Å²) < 4.78 is 4.96. The summed E-state index contributed by atoms with van der Waals surface area (Å²) in [5, 5.41) is 12.0. The normalized spacial score (nSPS) is 9.96. The maximum atomic E-state index is 11.8. The molecule has 0 saturated heterocycles. The number of halogens is 1. The first kappa shape index (κ1) is 18.5. The lowest BCUT2D eigenvalue weighted by Gasteiger charge is -2.07. The SMILES string of the molecule is Cc1ccc(CCC(=O)OCC(=O)Nc2cccc(C#N)c2)cc1Cl. The molecular formula is C19H17ClN2O3. The minimum atomic E-state index is -0.461. The number of benzene rings is 2. The third-order valence-corrected chi connectivity index (χ3v) is 3.90. The smallest absolute Gasteiger partial charge is 0.306 e. The third-order valence-electron chi connectivity index (χ3n) is 3.49. The lowest BCUT2D eigenvalue weighted by atomic mass is 10.1. The number of nitrogens with one attached hydrogen (secondary N) is 1. The molecule has 2 aromatic rings. The predicted molar refractivity (Wildman–Crippen MR) is 95.3 cm³/mol. The molecule has 2 rings (SSSR count). The minimum absolute atomic E-state index is 0.163. The van der Waals surface area contributed by atoms with Gasteiger partial charge >= 0.3 is 5.97 Å². The number of ether oxygens (including phenoxy) is 1. The Bertz CT molecular complexity index is 828. The Kier molecular flexibility index (Phi) is 6.55. The highest BCUT2D eigenvalue weighted by Crippen LogP contribution is 2.17. The lowest BCUT2D eigenvalue weighted by molar-refractivity contribution is -0.147. The molecule has 0 unspecified atom stereocenters. The van der Waals surface area contributed by atoms with Gasteiger partial charge in [-0.05, 0) is 48.7 Å². The van der Waals surface area contributed by atoms with E-state index in [2.05, 4.69) is 5.32 Å². The largest absolute Gasteiger partial charge is 0.456 e. The summed E-state index contributed by atoms with van der Waals surface area (Å²) in [6, 6.07) is 14.1. The molecule has 0 aromatic heterocycles. The van der Waals surface area contributed by atoms with Gasteiger partial charge in [0.15, 0.2) is 6.61 Å². The molecule has 0 heterocycles. The van der Waals surface area contributed by atoms with Crippen molar-refractivity contribution in [2.24, 2.45) is 0 Å². The van der Waals surface area contributed by atoms with Crippen LogP contribution in [0.1, 0.15) is 23.1 Å². The molecule has 128 valence electrons. The van der Waals surface area contributed by atoms with Crippen molar-refractivity contribution >= 4 is 29.2 Å². The number of carbonyl (C=O) groups excluding carboxylic acids is 2. The van der Waals surface area contributed by atoms with Crippen LogP contribution in [-0.2, 0) is 20.7 Å². The number of nitriles is 1. The van der Waals surface area contributed by atoms with Crippen molar-refractivity contribution in [3.8, 4) is 6.07 Å². The van der Waals surface area contributed by atoms with E-state index >= 15 is 0 Å². The molecule has 25 heavy (non-hydrogen) atoms. The van der Waals surface area contributed by atoms with Gasteiger partial charge in [0.2, 0.25) is 0 Å². The third kappa shape index (κ3) is 5.94. The molecule has 0 spiro atoms. The number of hydrogen-bond acceptors (Lipinski definition) is 4. The summed E-state index contributed by atoms with van der Waals surface area (Å²) in [5.74, 6) is -0.917. The van der Waals surface area contributed by atoms with E-state index in [1.54, 1.807) is 24.3 Å². The zero-order valence-corrected chi connectivity index (χ0v) is 14.5. The number of amides is 1. The van der Waals surface area contributed by atoms with E-state index in [0.717, 1.165) is 11.1 Å². The summed E-state index contributed by atoms with van der Waals surface area (Å²) >= 11 is 6.04. The Labute approximate surface area is 151 Å². The molecule has 0 aliphatic heterocycles. The molecule has 1 N–H and O–H groups in total. The number of esters is 1. The Morgan fingerprint density at radius 1 is 1.24 bits per heavy atom. The molecule has 0 aliphatic rings. The molecule has 0 fully saturated rings. The van der Waals surface area contributed by atoms with Crippen molar-refractivity contribution in [3.63, 3.8) is 0 Å². The zero-order valence-electron chi connectivity index (χ0n) is 13.7. The van der Waals surface area contributed by atoms with E-state index < -0.39 is 11.9 Å². The van der Waals surface area contributed by atoms with Crippen molar-refractivity contribution in [3.05, 3.63) is 64.2 Å². The van der Waals surface area contributed by atoms with Crippen molar-refractivity contribution < 1.29 is 14.3 Å². The number of anilines is 1. The number of aryl methyl sites for hydroxylation is 2. The van der Waals surface area contributed by atoms with E-state index in [4.69, 9.17) is 21.6 Å². The molecule has 1 amide bonds. The number of nitrogens with zero attached hydrogens (tertiary/aromatic N) is 1. The average molecular weight is 357 g/mol. The Morgan fingerprint density at radius 2 is 2.04 bits per heavy atom. The maximum Gasteiger partial charge on any atom is 0.306 e. The predicted octanol–water partition coefficient (Wildman–Crippen LogP) is 3.63. The lowest BCUT2D eigenvalue weighted by Crippen LogP contribution is -2.21. The van der Waals surface area contributed by atoms with Gasteiger partial charge in [0.05, 0.1) is 11.6 Å². The molecule has 0 atom stereocenters. The highest BCUT2D eigenvalue weighted by atomic mass is 35.5. The maximum absolute atomic E-state index is 11.8. The topological polar surface area (TPSA) is 79.2 Å². The Balaban J connectivity index is 1.76. The fraction of sp³-hybridized carbons (Fsp3) is 0.211. The van der Waals surface area contributed by atoms with Crippen LogP contribution in [0.5, 0.6) is 0 Å². The van der Waals surface area contributed by atoms with Gasteiger partial charge < -0.3 is 10.1 Å². The highest BCUT2D eigenvalue weighted by Gasteiger charge is 2.09. The van der Waals surface area contributed by atoms with Crippen LogP contribution in [0.3, 0.4) is 0 Å². The summed E-state index contributed by atoms with van der Waals surface area (Å²) in [7, 11) is 0. The van der Waals surface area contributed by atoms with Gasteiger partial charge in [-0.25, -0.2) is 0 Å². The fourth-order valence-corrected chi connectivity index (χ4v) is 2.32. The van der Waals surface area contributed by atoms with Gasteiger partial charge in [-0.2, -0.15) is 5.26 Å². The van der Waals surface area contributed by atoms with Crippen molar-refractivity contribution in [1.82, 2.24) is 0 Å². The van der Waals surface area contributed by atoms with Gasteiger partial charge in [0.25, 0.3) is 5.91 Å². The fourth-order valence-electron chi connectivity index (χ4n) is 2.12. The number of carbonyl (C=O) groups is 2. The van der Waals surface area contributed by atoms with Crippen molar-refractivity contribution in [2.75, 3.05) is 11.9 Å². The monoisotopic (exact) mass is 356 g/mol. The zero-order chi connectivity index (χ0) is 18.2. The molecule has 0 aliphatic carbocycles. The van der Waals surface area contributed by atoms with E-state index in [1.165, 1.54) is 0 Å². The average Bonchev–Trinajstić information content (AvgIpc) is 2.61. The van der Waals surface area contributed by atoms with Crippen LogP contribution in [0.15, 0.2) is 42.5 Å². The van der Waals surface area contributed by atoms with Crippen LogP contribution in [0.4, 0.5) is 5.69 Å². The highest BCUT2D eigenvalue weighted by molar-refractivity contribution is 6.31. The Hall–Kier alpha value is -2.84. The number of rotatable bonds is 6. The van der Waals surface area contributed by atoms with Crippen molar-refractivity contribution in [2.45, 2.75) is 19.8 Å². The van der Waals surface area contributed by atoms with Crippen LogP contribution >= 0.6 is 11.6 Å². The van der Waals surface area contributed by atoms with E-state index in [-0.39, 0.29) is 13.0 Å². The first-order chi connectivity index (χ1) is 12.0. The van der Waals surface area contributed by atoms with Gasteiger partial charge in [-0.1, -0.05) is 29.8 Å². The minimum Gasteiger partial charge on any atom is -0.456 e. The first-order valence-corrected chi connectivity index (χ1v) is 8.06. The molecule has 0 radical (unpaired) electrons. The second-order valence-corrected chi connectivity index (χ2v) is 5.89. The van der Waals surface area contributed by atoms with Crippen LogP contribution < -0.4 is 5.32 Å². The molecule has 5 nitrogen and oxygen atoms in total. The van der Waals surface area contributed by atoms with Gasteiger partial charge in [-0.15, -0.1) is 0 Å². The van der Waals surface area contributed by atoms with Crippen LogP contribution in [0.2, 0.25) is 5.02 Å². The van der Waals surface area contributed by atoms with Gasteiger partial charge in [-0.3, -0.25) is 9.59 Å². The van der Waals surface area contributed by atoms with Crippen LogP contribution in [-0.4, -0.2) is 18.5 Å². The van der Waals surface area contributed by atoms with Gasteiger partial charge in [0, 0.05) is 17.1 Å². The summed E-state index contributed by atoms with van der Waals surface area (Å²) in [4.78, 5) is 23.5. The molecular weight excluding hydrogens is 340 g/mol. The summed E-state index contributed by atoms with van der Waals surface area (Å²) in [6.45, 7) is 1.54. The van der Waals surface area contributed by atoms with Crippen LogP contribution in [0.25, 0.3) is 0 Å². The molecule has 0 bridgehead atoms. The van der Waals surface area contributed by atoms with Gasteiger partial charge in [0.1, 0.15) is 0 Å². The van der Waals surface area contributed by atoms with E-state index in [9.17, 15) is 9.59 Å². The van der Waals surface area contributed by atoms with Crippen LogP contribution in [0, 0.1) is 18.3 Å². The second kappa shape index (κ2) is 8.86. The van der Waals surface area contributed by atoms with E-state index in [0.29, 0.717) is 22.7 Å². The number of hydrogen-bond donors (Lipinski definition) is 1. The van der Waals surface area contributed by atoms with Crippen molar-refractivity contribution in [1.29, 1.82) is 5.26 Å². The second-order valence-electron chi connectivity index (χ2n) is 5.49.